The number of nitrogens with zero attached hydrogens (tertiary/aromatic N) is 6. The molecule has 5 aromatic heterocycles. The Morgan fingerprint density at radius 1 is 0.855 bits per heavy atom. The van der Waals surface area contributed by atoms with Crippen LogP contribution in [0.3, 0.4) is 0 Å². The van der Waals surface area contributed by atoms with Gasteiger partial charge >= 0.3 is 5.97 Å². The van der Waals surface area contributed by atoms with Crippen LogP contribution >= 0.6 is 34.3 Å². The van der Waals surface area contributed by atoms with E-state index in [0.717, 1.165) is 16.7 Å². The van der Waals surface area contributed by atoms with Gasteiger partial charge in [-0.1, -0.05) is 123 Å². The van der Waals surface area contributed by atoms with Crippen molar-refractivity contribution in [1.29, 1.82) is 0 Å². The molecule has 0 bridgehead atoms. The highest BCUT2D eigenvalue weighted by Gasteiger charge is 2.41. The van der Waals surface area contributed by atoms with Gasteiger partial charge in [0.05, 0.1) is 23.1 Å². The Morgan fingerprint density at radius 3 is 2.04 bits per heavy atom. The normalized spacial score (nSPS) is 12.5. The third-order valence-corrected chi connectivity index (χ3v) is 12.0. The second kappa shape index (κ2) is 14.8. The summed E-state index contributed by atoms with van der Waals surface area (Å²) in [5.41, 5.74) is 2.46. The molecule has 8 aromatic rings. The highest BCUT2D eigenvalue weighted by Crippen LogP contribution is 2.45. The van der Waals surface area contributed by atoms with E-state index in [1.165, 1.54) is 28.9 Å². The number of anilines is 1. The van der Waals surface area contributed by atoms with Crippen LogP contribution in [0.5, 0.6) is 0 Å². The maximum absolute atomic E-state index is 16.8. The van der Waals surface area contributed by atoms with Gasteiger partial charge in [0.2, 0.25) is 0 Å². The summed E-state index contributed by atoms with van der Waals surface area (Å²) in [4.78, 5) is 36.6. The molecule has 1 atom stereocenters. The Morgan fingerprint density at radius 2 is 1.49 bits per heavy atom. The van der Waals surface area contributed by atoms with Crippen LogP contribution in [0.25, 0.3) is 33.1 Å². The number of nitrogens with one attached hydrogen (secondary N) is 1. The molecule has 0 amide bonds. The summed E-state index contributed by atoms with van der Waals surface area (Å²) < 4.78 is 18.9. The maximum Gasteiger partial charge on any atom is 0.305 e. The Labute approximate surface area is 329 Å². The number of aromatic nitrogens is 6. The number of carboxylic acids is 1. The van der Waals surface area contributed by atoms with Crippen molar-refractivity contribution in [2.45, 2.75) is 37.3 Å². The fourth-order valence-electron chi connectivity index (χ4n) is 7.10. The van der Waals surface area contributed by atoms with Gasteiger partial charge in [-0.3, -0.25) is 4.79 Å². The van der Waals surface area contributed by atoms with Crippen molar-refractivity contribution in [1.82, 2.24) is 29.5 Å². The first-order chi connectivity index (χ1) is 26.7. The maximum atomic E-state index is 16.8. The topological polar surface area (TPSA) is 119 Å². The summed E-state index contributed by atoms with van der Waals surface area (Å²) in [7, 11) is 0. The first-order valence-corrected chi connectivity index (χ1v) is 19.5. The summed E-state index contributed by atoms with van der Waals surface area (Å²) >= 11 is 9.32. The highest BCUT2D eigenvalue weighted by molar-refractivity contribution is 7.13. The standard InChI is InChI=1S/C42H33ClFN7O2S2/c1-41(2,40-45-20-22-55-40)31(23-33(52)53)47-38-34(44)36(30-19-12-21-54-30)49-37(50-38)29-25-51(39-35(29)48-32(43)24-46-39)42(26-13-6-3-7-14-26,27-15-8-4-9-16-27)28-17-10-5-11-18-28/h3-22,24-25,31H,23H2,1-2H3,(H,52,53)(H,47,49,50). The van der Waals surface area contributed by atoms with Gasteiger partial charge in [-0.15, -0.1) is 22.7 Å². The zero-order valence-electron chi connectivity index (χ0n) is 29.6. The first-order valence-electron chi connectivity index (χ1n) is 17.4. The largest absolute Gasteiger partial charge is 0.481 e. The number of carboxylic acid groups (broad SMARTS) is 1. The van der Waals surface area contributed by atoms with Gasteiger partial charge in [-0.2, -0.15) is 0 Å². The van der Waals surface area contributed by atoms with Gasteiger partial charge in [0, 0.05) is 29.2 Å². The molecule has 0 aliphatic rings. The number of hydrogen-bond donors (Lipinski definition) is 2. The predicted molar refractivity (Wildman–Crippen MR) is 216 cm³/mol. The quantitative estimate of drug-likeness (QED) is 0.118. The molecule has 0 saturated carbocycles. The summed E-state index contributed by atoms with van der Waals surface area (Å²) in [5, 5.41) is 17.7. The minimum absolute atomic E-state index is 0.0555. The predicted octanol–water partition coefficient (Wildman–Crippen LogP) is 9.94. The van der Waals surface area contributed by atoms with Crippen LogP contribution in [0.15, 0.2) is 132 Å². The van der Waals surface area contributed by atoms with E-state index in [1.807, 2.05) is 91.5 Å². The molecule has 274 valence electrons. The van der Waals surface area contributed by atoms with Crippen LogP contribution < -0.4 is 5.32 Å². The molecule has 0 aliphatic carbocycles. The molecule has 0 radical (unpaired) electrons. The average molecular weight is 786 g/mol. The van der Waals surface area contributed by atoms with E-state index < -0.39 is 28.8 Å². The average Bonchev–Trinajstić information content (AvgIpc) is 4.00. The number of thiazole rings is 1. The van der Waals surface area contributed by atoms with E-state index in [2.05, 4.69) is 51.3 Å². The number of hydrogen-bond acceptors (Lipinski definition) is 9. The van der Waals surface area contributed by atoms with Crippen LogP contribution in [0.1, 0.15) is 42.0 Å². The molecule has 1 unspecified atom stereocenters. The van der Waals surface area contributed by atoms with Crippen LogP contribution in [-0.4, -0.2) is 46.6 Å². The molecule has 9 nitrogen and oxygen atoms in total. The van der Waals surface area contributed by atoms with E-state index in [9.17, 15) is 9.90 Å². The Balaban J connectivity index is 1.41. The van der Waals surface area contributed by atoms with Crippen molar-refractivity contribution in [3.8, 4) is 22.0 Å². The Bertz CT molecular complexity index is 2490. The second-order valence-corrected chi connectivity index (χ2v) is 15.7. The van der Waals surface area contributed by atoms with Crippen molar-refractivity contribution in [2.75, 3.05) is 5.32 Å². The molecule has 0 saturated heterocycles. The minimum Gasteiger partial charge on any atom is -0.481 e. The fraction of sp³-hybridized carbons (Fsp3) is 0.143. The molecule has 13 heteroatoms. The number of halogens is 2. The van der Waals surface area contributed by atoms with E-state index in [0.29, 0.717) is 26.6 Å². The van der Waals surface area contributed by atoms with Crippen LogP contribution in [0.4, 0.5) is 10.2 Å². The summed E-state index contributed by atoms with van der Waals surface area (Å²) in [5.74, 6) is -1.77. The number of thiophene rings is 1. The van der Waals surface area contributed by atoms with Crippen molar-refractivity contribution < 1.29 is 14.3 Å². The molecule has 3 aromatic carbocycles. The van der Waals surface area contributed by atoms with E-state index in [4.69, 9.17) is 31.5 Å². The lowest BCUT2D eigenvalue weighted by Crippen LogP contribution is -2.42. The van der Waals surface area contributed by atoms with Crippen LogP contribution in [-0.2, 0) is 15.7 Å². The number of fused-ring (bicyclic) bond motifs is 1. The molecule has 2 N–H and O–H groups in total. The lowest BCUT2D eigenvalue weighted by atomic mass is 9.76. The summed E-state index contributed by atoms with van der Waals surface area (Å²) in [6.45, 7) is 3.77. The number of aliphatic carboxylic acids is 1. The zero-order valence-corrected chi connectivity index (χ0v) is 32.0. The molecule has 0 spiro atoms. The lowest BCUT2D eigenvalue weighted by Gasteiger charge is -2.38. The van der Waals surface area contributed by atoms with Crippen molar-refractivity contribution in [3.63, 3.8) is 0 Å². The molecule has 8 rings (SSSR count). The fourth-order valence-corrected chi connectivity index (χ4v) is 8.76. The Kier molecular flexibility index (Phi) is 9.72. The van der Waals surface area contributed by atoms with Crippen molar-refractivity contribution in [3.05, 3.63) is 165 Å². The molecule has 0 aliphatic heterocycles. The van der Waals surface area contributed by atoms with Crippen molar-refractivity contribution >= 4 is 57.2 Å². The SMILES string of the molecule is CC(C)(c1nccs1)C(CC(=O)O)Nc1nc(-c2cn(C(c3ccccc3)(c3ccccc3)c3ccccc3)c3ncc(Cl)nc23)nc(-c2cccs2)c1F. The van der Waals surface area contributed by atoms with E-state index in [-0.39, 0.29) is 28.9 Å². The van der Waals surface area contributed by atoms with Gasteiger partial charge in [-0.05, 0) is 28.1 Å². The van der Waals surface area contributed by atoms with Gasteiger partial charge < -0.3 is 15.0 Å². The van der Waals surface area contributed by atoms with Gasteiger partial charge in [0.25, 0.3) is 0 Å². The Hall–Kier alpha value is -5.82. The smallest absolute Gasteiger partial charge is 0.305 e. The molecular formula is C42H33ClFN7O2S2. The van der Waals surface area contributed by atoms with Crippen molar-refractivity contribution in [2.24, 2.45) is 0 Å². The third-order valence-electron chi connectivity index (χ3n) is 9.79. The summed E-state index contributed by atoms with van der Waals surface area (Å²) in [6.07, 6.45) is 4.74. The molecule has 5 heterocycles. The minimum atomic E-state index is -1.05. The number of carbonyl (C=O) groups is 1. The highest BCUT2D eigenvalue weighted by atomic mass is 35.5. The first kappa shape index (κ1) is 36.2. The third kappa shape index (κ3) is 6.56. The lowest BCUT2D eigenvalue weighted by molar-refractivity contribution is -0.137. The monoisotopic (exact) mass is 785 g/mol. The number of benzene rings is 3. The van der Waals surface area contributed by atoms with Gasteiger partial charge in [0.15, 0.2) is 23.1 Å². The molecule has 55 heavy (non-hydrogen) atoms. The van der Waals surface area contributed by atoms with Crippen LogP contribution in [0, 0.1) is 5.82 Å². The molecule has 0 fully saturated rings. The van der Waals surface area contributed by atoms with E-state index in [1.54, 1.807) is 12.3 Å². The summed E-state index contributed by atoms with van der Waals surface area (Å²) in [6, 6.07) is 33.2. The zero-order chi connectivity index (χ0) is 38.2. The number of rotatable bonds is 12. The van der Waals surface area contributed by atoms with Gasteiger partial charge in [-0.25, -0.2) is 29.3 Å². The second-order valence-electron chi connectivity index (χ2n) is 13.5. The van der Waals surface area contributed by atoms with Crippen LogP contribution in [0.2, 0.25) is 5.15 Å². The molecular weight excluding hydrogens is 753 g/mol. The van der Waals surface area contributed by atoms with Gasteiger partial charge in [0.1, 0.15) is 26.9 Å². The van der Waals surface area contributed by atoms with E-state index >= 15 is 4.39 Å².